The lowest BCUT2D eigenvalue weighted by Gasteiger charge is -2.49. The molecule has 1 aliphatic carbocycles. The molecule has 3 fully saturated rings. The van der Waals surface area contributed by atoms with Gasteiger partial charge >= 0.3 is 25.7 Å². The van der Waals surface area contributed by atoms with Crippen LogP contribution >= 0.6 is 7.82 Å². The van der Waals surface area contributed by atoms with Crippen LogP contribution in [0.5, 0.6) is 0 Å². The summed E-state index contributed by atoms with van der Waals surface area (Å²) in [7, 11) is -5.70. The normalized spacial score (nSPS) is 27.8. The van der Waals surface area contributed by atoms with E-state index in [1.54, 1.807) is 0 Å². The van der Waals surface area contributed by atoms with Crippen LogP contribution in [0, 0.1) is 0 Å². The van der Waals surface area contributed by atoms with Crippen molar-refractivity contribution in [3.63, 3.8) is 0 Å². The number of carbonyl (C=O) groups excluding carboxylic acids is 3. The number of hydrogen-bond acceptors (Lipinski definition) is 23. The molecule has 97 heavy (non-hydrogen) atoms. The van der Waals surface area contributed by atoms with Gasteiger partial charge in [0.15, 0.2) is 18.7 Å². The number of carbonyl (C=O) groups is 3. The van der Waals surface area contributed by atoms with Crippen molar-refractivity contribution in [1.29, 1.82) is 0 Å². The molecule has 2 heterocycles. The van der Waals surface area contributed by atoms with E-state index in [1.165, 1.54) is 141 Å². The molecule has 24 nitrogen and oxygen atoms in total. The Morgan fingerprint density at radius 2 is 0.722 bits per heavy atom. The molecule has 2 saturated heterocycles. The number of phosphoric ester groups is 1. The van der Waals surface area contributed by atoms with Gasteiger partial charge in [-0.15, -0.1) is 0 Å². The maximum Gasteiger partial charge on any atom is 0.472 e. The minimum Gasteiger partial charge on any atom is -0.463 e. The highest BCUT2D eigenvalue weighted by molar-refractivity contribution is 7.47. The summed E-state index contributed by atoms with van der Waals surface area (Å²) in [4.78, 5) is 50.9. The number of ether oxygens (including phenoxy) is 7. The SMILES string of the molecule is CCCCCCCCC/C=C\CCCCCC(=O)OC(COC(=O)CCCCCCCCCCCCCC)COP(=O)(O)OC1C(OC2OC(CO)C(O)C(O)C2O)C(O)C(O)C(O)C1OC1OC(COC(=O)CCCCCCCCCCCCCCCCCC)C(O)C(O)C1O. The molecule has 0 aromatic rings. The Labute approximate surface area is 580 Å². The first kappa shape index (κ1) is 88.9. The minimum atomic E-state index is -5.70. The monoisotopic (exact) mass is 1410 g/mol. The van der Waals surface area contributed by atoms with Gasteiger partial charge in [-0.1, -0.05) is 245 Å². The van der Waals surface area contributed by atoms with Crippen LogP contribution in [0.1, 0.15) is 297 Å². The summed E-state index contributed by atoms with van der Waals surface area (Å²) in [5.74, 6) is -2.00. The van der Waals surface area contributed by atoms with Crippen LogP contribution in [0.15, 0.2) is 12.2 Å². The second-order valence-electron chi connectivity index (χ2n) is 27.4. The standard InChI is InChI=1S/C72H133O24P/c1-4-7-10-13-16-19-22-25-27-28-30-32-35-38-41-44-47-57(75)89-52-55-60(78)62(80)67(85)72(93-55)95-69-65(83)63(81)64(82)68(94-71-66(84)61(79)59(77)54(49-73)92-71)70(69)96-97(86,87)90-51-53(50-88-56(74)46-43-40-37-34-31-24-21-18-15-12-9-6-3)91-58(76)48-45-42-39-36-33-29-26-23-20-17-14-11-8-5-2/h29,33,53-55,59-73,77-85H,4-28,30-32,34-52H2,1-3H3,(H,86,87)/b33-29-. The second kappa shape index (κ2) is 54.4. The molecule has 0 radical (unpaired) electrons. The van der Waals surface area contributed by atoms with E-state index in [0.717, 1.165) is 89.9 Å². The van der Waals surface area contributed by atoms with Crippen LogP contribution in [-0.2, 0) is 61.2 Å². The van der Waals surface area contributed by atoms with Crippen molar-refractivity contribution in [2.75, 3.05) is 26.4 Å². The lowest BCUT2D eigenvalue weighted by atomic mass is 9.84. The van der Waals surface area contributed by atoms with Crippen molar-refractivity contribution in [2.24, 2.45) is 0 Å². The van der Waals surface area contributed by atoms with E-state index >= 15 is 0 Å². The molecule has 3 aliphatic rings. The fourth-order valence-corrected chi connectivity index (χ4v) is 13.5. The Morgan fingerprint density at radius 1 is 0.392 bits per heavy atom. The summed E-state index contributed by atoms with van der Waals surface area (Å²) in [5, 5.41) is 110. The molecule has 25 heteroatoms. The van der Waals surface area contributed by atoms with Crippen molar-refractivity contribution >= 4 is 25.7 Å². The number of unbranched alkanes of at least 4 members (excludes halogenated alkanes) is 36. The fraction of sp³-hybridized carbons (Fsp3) is 0.931. The van der Waals surface area contributed by atoms with Gasteiger partial charge in [0, 0.05) is 19.3 Å². The molecule has 0 aromatic heterocycles. The van der Waals surface area contributed by atoms with E-state index in [9.17, 15) is 74.9 Å². The summed E-state index contributed by atoms with van der Waals surface area (Å²) in [6.45, 7) is 3.44. The molecule has 0 amide bonds. The highest BCUT2D eigenvalue weighted by Crippen LogP contribution is 2.49. The first-order valence-corrected chi connectivity index (χ1v) is 39.5. The van der Waals surface area contributed by atoms with Gasteiger partial charge in [-0.05, 0) is 44.9 Å². The summed E-state index contributed by atoms with van der Waals surface area (Å²) in [6, 6.07) is 0. The zero-order valence-electron chi connectivity index (χ0n) is 59.4. The van der Waals surface area contributed by atoms with E-state index in [4.69, 9.17) is 42.2 Å². The van der Waals surface area contributed by atoms with Crippen molar-refractivity contribution < 1.29 is 117 Å². The van der Waals surface area contributed by atoms with Crippen LogP contribution in [0.3, 0.4) is 0 Å². The van der Waals surface area contributed by atoms with Crippen molar-refractivity contribution in [3.05, 3.63) is 12.2 Å². The predicted octanol–water partition coefficient (Wildman–Crippen LogP) is 10.4. The Hall–Kier alpha value is -2.30. The number of esters is 3. The lowest BCUT2D eigenvalue weighted by Crippen LogP contribution is -2.69. The summed E-state index contributed by atoms with van der Waals surface area (Å²) >= 11 is 0. The number of rotatable bonds is 59. The summed E-state index contributed by atoms with van der Waals surface area (Å²) < 4.78 is 65.0. The third kappa shape index (κ3) is 37.6. The maximum atomic E-state index is 14.3. The number of allylic oxidation sites excluding steroid dienone is 2. The van der Waals surface area contributed by atoms with Crippen molar-refractivity contribution in [1.82, 2.24) is 0 Å². The highest BCUT2D eigenvalue weighted by atomic mass is 31.2. The lowest BCUT2D eigenvalue weighted by molar-refractivity contribution is -0.360. The zero-order chi connectivity index (χ0) is 71.1. The third-order valence-corrected chi connectivity index (χ3v) is 19.8. The van der Waals surface area contributed by atoms with Gasteiger partial charge in [-0.25, -0.2) is 4.57 Å². The average Bonchev–Trinajstić information content (AvgIpc) is 0.761. The van der Waals surface area contributed by atoms with Crippen molar-refractivity contribution in [2.45, 2.75) is 401 Å². The fourth-order valence-electron chi connectivity index (χ4n) is 12.6. The minimum absolute atomic E-state index is 0.0323. The number of hydrogen-bond donors (Lipinski definition) is 11. The molecule has 18 atom stereocenters. The van der Waals surface area contributed by atoms with Gasteiger partial charge in [0.2, 0.25) is 0 Å². The molecule has 0 bridgehead atoms. The predicted molar refractivity (Wildman–Crippen MR) is 365 cm³/mol. The first-order chi connectivity index (χ1) is 46.8. The molecule has 0 aromatic carbocycles. The molecule has 570 valence electrons. The Kier molecular flexibility index (Phi) is 49.8. The van der Waals surface area contributed by atoms with Gasteiger partial charge in [-0.3, -0.25) is 23.4 Å². The van der Waals surface area contributed by atoms with Gasteiger partial charge < -0.3 is 89.1 Å². The average molecular weight is 1410 g/mol. The third-order valence-electron chi connectivity index (χ3n) is 18.8. The second-order valence-corrected chi connectivity index (χ2v) is 28.8. The van der Waals surface area contributed by atoms with Crippen molar-refractivity contribution in [3.8, 4) is 0 Å². The summed E-state index contributed by atoms with van der Waals surface area (Å²) in [6.07, 6.45) is 12.8. The molecular weight excluding hydrogens is 1280 g/mol. The van der Waals surface area contributed by atoms with Crippen LogP contribution in [0.25, 0.3) is 0 Å². The largest absolute Gasteiger partial charge is 0.472 e. The zero-order valence-corrected chi connectivity index (χ0v) is 60.3. The molecule has 11 N–H and O–H groups in total. The van der Waals surface area contributed by atoms with E-state index in [0.29, 0.717) is 25.7 Å². The van der Waals surface area contributed by atoms with E-state index in [1.807, 2.05) is 0 Å². The topological polar surface area (TPSA) is 374 Å². The number of aliphatic hydroxyl groups is 10. The van der Waals surface area contributed by atoms with Gasteiger partial charge in [0.05, 0.1) is 13.2 Å². The molecule has 0 spiro atoms. The van der Waals surface area contributed by atoms with Crippen LogP contribution < -0.4 is 0 Å². The Morgan fingerprint density at radius 3 is 1.12 bits per heavy atom. The highest BCUT2D eigenvalue weighted by Gasteiger charge is 2.58. The van der Waals surface area contributed by atoms with E-state index < -0.39 is 156 Å². The number of aliphatic hydroxyl groups excluding tert-OH is 10. The molecular formula is C72H133O24P. The molecule has 18 unspecified atom stereocenters. The van der Waals surface area contributed by atoms with Gasteiger partial charge in [0.1, 0.15) is 98.7 Å². The Balaban J connectivity index is 1.73. The molecule has 1 saturated carbocycles. The van der Waals surface area contributed by atoms with Gasteiger partial charge in [0.25, 0.3) is 0 Å². The molecule has 2 aliphatic heterocycles. The van der Waals surface area contributed by atoms with Crippen LogP contribution in [-0.4, -0.2) is 204 Å². The smallest absolute Gasteiger partial charge is 0.463 e. The molecule has 3 rings (SSSR count). The Bertz CT molecular complexity index is 2060. The van der Waals surface area contributed by atoms with E-state index in [2.05, 4.69) is 32.9 Å². The maximum absolute atomic E-state index is 14.3. The first-order valence-electron chi connectivity index (χ1n) is 38.0. The number of phosphoric acid groups is 1. The summed E-state index contributed by atoms with van der Waals surface area (Å²) in [5.41, 5.74) is 0. The quantitative estimate of drug-likeness (QED) is 0.00886. The van der Waals surface area contributed by atoms with Crippen LogP contribution in [0.4, 0.5) is 0 Å². The van der Waals surface area contributed by atoms with Gasteiger partial charge in [-0.2, -0.15) is 0 Å². The van der Waals surface area contributed by atoms with E-state index in [-0.39, 0.29) is 19.3 Å². The van der Waals surface area contributed by atoms with Crippen LogP contribution in [0.2, 0.25) is 0 Å².